The number of hydrogen-bond donors (Lipinski definition) is 3. The predicted molar refractivity (Wildman–Crippen MR) is 114 cm³/mol. The number of benzene rings is 1. The van der Waals surface area contributed by atoms with Gasteiger partial charge in [0.1, 0.15) is 12.4 Å². The summed E-state index contributed by atoms with van der Waals surface area (Å²) >= 11 is 0. The number of rotatable bonds is 10. The lowest BCUT2D eigenvalue weighted by Gasteiger charge is -2.32. The summed E-state index contributed by atoms with van der Waals surface area (Å²) in [6.45, 7) is 9.69. The molecule has 6 heteroatoms. The standard InChI is InChI=1S/C22H37N3O3/c1-4-23-21(25-17-22(26)11-7-6-8-12-22)24-16-19-10-9-18(3)15-20(19)28-14-13-27-5-2/h9-10,15,26H,4-8,11-14,16-17H2,1-3H3,(H2,23,24,25). The molecule has 3 N–H and O–H groups in total. The monoisotopic (exact) mass is 391 g/mol. The third-order valence-electron chi connectivity index (χ3n) is 5.03. The lowest BCUT2D eigenvalue weighted by atomic mass is 9.85. The number of guanidine groups is 1. The third kappa shape index (κ3) is 7.68. The highest BCUT2D eigenvalue weighted by molar-refractivity contribution is 5.79. The van der Waals surface area contributed by atoms with E-state index in [4.69, 9.17) is 14.5 Å². The van der Waals surface area contributed by atoms with Crippen LogP contribution in [-0.2, 0) is 11.3 Å². The van der Waals surface area contributed by atoms with E-state index in [2.05, 4.69) is 29.7 Å². The molecular weight excluding hydrogens is 354 g/mol. The van der Waals surface area contributed by atoms with Crippen molar-refractivity contribution in [1.82, 2.24) is 10.6 Å². The van der Waals surface area contributed by atoms with Crippen molar-refractivity contribution in [2.24, 2.45) is 4.99 Å². The quantitative estimate of drug-likeness (QED) is 0.325. The molecule has 1 aliphatic rings. The van der Waals surface area contributed by atoms with E-state index in [9.17, 15) is 5.11 Å². The van der Waals surface area contributed by atoms with Crippen LogP contribution in [-0.4, -0.2) is 49.6 Å². The van der Waals surface area contributed by atoms with Crippen LogP contribution in [0.25, 0.3) is 0 Å². The summed E-state index contributed by atoms with van der Waals surface area (Å²) in [5, 5.41) is 17.3. The van der Waals surface area contributed by atoms with Crippen molar-refractivity contribution in [3.05, 3.63) is 29.3 Å². The summed E-state index contributed by atoms with van der Waals surface area (Å²) in [4.78, 5) is 4.71. The van der Waals surface area contributed by atoms with Gasteiger partial charge in [-0.05, 0) is 45.2 Å². The molecule has 1 aromatic carbocycles. The van der Waals surface area contributed by atoms with Crippen LogP contribution < -0.4 is 15.4 Å². The van der Waals surface area contributed by atoms with Crippen LogP contribution >= 0.6 is 0 Å². The Morgan fingerprint density at radius 1 is 1.14 bits per heavy atom. The number of ether oxygens (including phenoxy) is 2. The molecule has 0 radical (unpaired) electrons. The summed E-state index contributed by atoms with van der Waals surface area (Å²) in [5.74, 6) is 1.58. The van der Waals surface area contributed by atoms with Crippen molar-refractivity contribution in [3.63, 3.8) is 0 Å². The van der Waals surface area contributed by atoms with Crippen LogP contribution in [0.2, 0.25) is 0 Å². The van der Waals surface area contributed by atoms with Gasteiger partial charge in [0.15, 0.2) is 5.96 Å². The minimum atomic E-state index is -0.619. The minimum Gasteiger partial charge on any atom is -0.491 e. The number of nitrogens with one attached hydrogen (secondary N) is 2. The first kappa shape index (κ1) is 22.5. The Hall–Kier alpha value is -1.79. The van der Waals surface area contributed by atoms with Gasteiger partial charge in [0, 0.05) is 25.3 Å². The topological polar surface area (TPSA) is 75.1 Å². The fourth-order valence-corrected chi connectivity index (χ4v) is 3.42. The zero-order valence-corrected chi connectivity index (χ0v) is 17.7. The Morgan fingerprint density at radius 3 is 2.64 bits per heavy atom. The average molecular weight is 392 g/mol. The summed E-state index contributed by atoms with van der Waals surface area (Å²) in [5.41, 5.74) is 1.57. The largest absolute Gasteiger partial charge is 0.491 e. The van der Waals surface area contributed by atoms with Crippen molar-refractivity contribution >= 4 is 5.96 Å². The van der Waals surface area contributed by atoms with Crippen molar-refractivity contribution in [3.8, 4) is 5.75 Å². The van der Waals surface area contributed by atoms with Crippen LogP contribution in [0.3, 0.4) is 0 Å². The molecule has 0 aromatic heterocycles. The van der Waals surface area contributed by atoms with Crippen molar-refractivity contribution < 1.29 is 14.6 Å². The van der Waals surface area contributed by atoms with Gasteiger partial charge in [-0.2, -0.15) is 0 Å². The Balaban J connectivity index is 1.98. The van der Waals surface area contributed by atoms with Gasteiger partial charge in [-0.1, -0.05) is 31.4 Å². The first-order valence-corrected chi connectivity index (χ1v) is 10.6. The van der Waals surface area contributed by atoms with E-state index in [0.29, 0.717) is 32.9 Å². The lowest BCUT2D eigenvalue weighted by molar-refractivity contribution is 0.00859. The van der Waals surface area contributed by atoms with Crippen LogP contribution in [0, 0.1) is 6.92 Å². The fourth-order valence-electron chi connectivity index (χ4n) is 3.42. The Bertz CT molecular complexity index is 613. The molecule has 6 nitrogen and oxygen atoms in total. The van der Waals surface area contributed by atoms with Gasteiger partial charge in [-0.25, -0.2) is 4.99 Å². The number of hydrogen-bond acceptors (Lipinski definition) is 4. The normalized spacial score (nSPS) is 16.6. The molecular formula is C22H37N3O3. The SMILES string of the molecule is CCNC(=NCc1ccc(C)cc1OCCOCC)NCC1(O)CCCCC1. The molecule has 1 aromatic rings. The Labute approximate surface area is 169 Å². The summed E-state index contributed by atoms with van der Waals surface area (Å²) in [6, 6.07) is 6.18. The third-order valence-corrected chi connectivity index (χ3v) is 5.03. The van der Waals surface area contributed by atoms with Gasteiger partial charge in [-0.3, -0.25) is 0 Å². The first-order chi connectivity index (χ1) is 13.6. The van der Waals surface area contributed by atoms with Gasteiger partial charge >= 0.3 is 0 Å². The van der Waals surface area contributed by atoms with E-state index in [1.54, 1.807) is 0 Å². The van der Waals surface area contributed by atoms with Crippen LogP contribution in [0.15, 0.2) is 23.2 Å². The predicted octanol–water partition coefficient (Wildman–Crippen LogP) is 3.16. The molecule has 0 spiro atoms. The molecule has 0 saturated heterocycles. The van der Waals surface area contributed by atoms with Crippen LogP contribution in [0.4, 0.5) is 0 Å². The van der Waals surface area contributed by atoms with Crippen molar-refractivity contribution in [2.75, 3.05) is 32.9 Å². The van der Waals surface area contributed by atoms with Crippen LogP contribution in [0.1, 0.15) is 57.1 Å². The van der Waals surface area contributed by atoms with E-state index in [-0.39, 0.29) is 0 Å². The van der Waals surface area contributed by atoms with Gasteiger partial charge in [-0.15, -0.1) is 0 Å². The average Bonchev–Trinajstić information content (AvgIpc) is 2.69. The summed E-state index contributed by atoms with van der Waals surface area (Å²) < 4.78 is 11.3. The molecule has 1 aliphatic carbocycles. The second-order valence-electron chi connectivity index (χ2n) is 7.49. The molecule has 0 bridgehead atoms. The maximum absolute atomic E-state index is 10.7. The molecule has 2 rings (SSSR count). The molecule has 0 atom stereocenters. The highest BCUT2D eigenvalue weighted by Crippen LogP contribution is 2.27. The molecule has 28 heavy (non-hydrogen) atoms. The van der Waals surface area contributed by atoms with Gasteiger partial charge in [0.05, 0.1) is 18.8 Å². The highest BCUT2D eigenvalue weighted by atomic mass is 16.5. The van der Waals surface area contributed by atoms with E-state index < -0.39 is 5.60 Å². The summed E-state index contributed by atoms with van der Waals surface area (Å²) in [7, 11) is 0. The number of nitrogens with zero attached hydrogens (tertiary/aromatic N) is 1. The van der Waals surface area contributed by atoms with Crippen LogP contribution in [0.5, 0.6) is 5.75 Å². The second kappa shape index (κ2) is 11.9. The number of aryl methyl sites for hydroxylation is 1. The maximum Gasteiger partial charge on any atom is 0.191 e. The Morgan fingerprint density at radius 2 is 1.93 bits per heavy atom. The van der Waals surface area contributed by atoms with Crippen molar-refractivity contribution in [1.29, 1.82) is 0 Å². The first-order valence-electron chi connectivity index (χ1n) is 10.6. The van der Waals surface area contributed by atoms with E-state index in [1.807, 2.05) is 19.9 Å². The van der Waals surface area contributed by atoms with E-state index in [1.165, 1.54) is 6.42 Å². The van der Waals surface area contributed by atoms with Gasteiger partial charge < -0.3 is 25.2 Å². The molecule has 0 amide bonds. The molecule has 0 aliphatic heterocycles. The minimum absolute atomic E-state index is 0.512. The summed E-state index contributed by atoms with van der Waals surface area (Å²) in [6.07, 6.45) is 5.12. The highest BCUT2D eigenvalue weighted by Gasteiger charge is 2.29. The Kier molecular flexibility index (Phi) is 9.58. The second-order valence-corrected chi connectivity index (χ2v) is 7.49. The molecule has 1 fully saturated rings. The zero-order valence-electron chi connectivity index (χ0n) is 17.7. The molecule has 0 heterocycles. The van der Waals surface area contributed by atoms with Crippen molar-refractivity contribution in [2.45, 2.75) is 65.0 Å². The smallest absolute Gasteiger partial charge is 0.191 e. The molecule has 158 valence electrons. The van der Waals surface area contributed by atoms with E-state index >= 15 is 0 Å². The van der Waals surface area contributed by atoms with Gasteiger partial charge in [0.25, 0.3) is 0 Å². The van der Waals surface area contributed by atoms with E-state index in [0.717, 1.165) is 55.1 Å². The van der Waals surface area contributed by atoms with Gasteiger partial charge in [0.2, 0.25) is 0 Å². The fraction of sp³-hybridized carbons (Fsp3) is 0.682. The molecule has 0 unspecified atom stereocenters. The zero-order chi connectivity index (χ0) is 20.2. The lowest BCUT2D eigenvalue weighted by Crippen LogP contribution is -2.48. The molecule has 1 saturated carbocycles. The number of aliphatic hydroxyl groups is 1. The number of aliphatic imine (C=N–C) groups is 1. The maximum atomic E-state index is 10.7.